The molecule has 1 aliphatic rings. The van der Waals surface area contributed by atoms with E-state index in [0.29, 0.717) is 5.56 Å². The van der Waals surface area contributed by atoms with Gasteiger partial charge in [-0.3, -0.25) is 15.2 Å². The normalized spacial score (nSPS) is 18.4. The van der Waals surface area contributed by atoms with Crippen LogP contribution in [0.5, 0.6) is 0 Å². The Bertz CT molecular complexity index is 1120. The van der Waals surface area contributed by atoms with Gasteiger partial charge in [0.2, 0.25) is 5.91 Å². The molecular weight excluding hydrogens is 511 g/mol. The topological polar surface area (TPSA) is 53.9 Å². The maximum atomic E-state index is 14.2. The van der Waals surface area contributed by atoms with Crippen molar-refractivity contribution in [1.82, 2.24) is 5.43 Å². The Morgan fingerprint density at radius 2 is 1.82 bits per heavy atom. The predicted octanol–water partition coefficient (Wildman–Crippen LogP) is 6.30. The molecule has 184 valence electrons. The van der Waals surface area contributed by atoms with Crippen molar-refractivity contribution in [2.45, 2.75) is 37.7 Å². The lowest BCUT2D eigenvalue weighted by molar-refractivity contribution is -0.275. The van der Waals surface area contributed by atoms with Crippen molar-refractivity contribution in [1.29, 1.82) is 0 Å². The number of hydrazine groups is 1. The molecule has 0 fully saturated rings. The van der Waals surface area contributed by atoms with Crippen LogP contribution in [0, 0.1) is 6.92 Å². The molecular formula is C21H17Cl2F6N3O2. The molecule has 5 nitrogen and oxygen atoms in total. The lowest BCUT2D eigenvalue weighted by atomic mass is 9.86. The molecule has 0 aromatic heterocycles. The highest BCUT2D eigenvalue weighted by Crippen LogP contribution is 2.49. The average molecular weight is 528 g/mol. The molecule has 0 aliphatic carbocycles. The molecule has 0 saturated carbocycles. The van der Waals surface area contributed by atoms with Gasteiger partial charge in [-0.2, -0.15) is 26.3 Å². The molecule has 2 aromatic rings. The molecule has 1 amide bonds. The number of amides is 1. The average Bonchev–Trinajstić information content (AvgIpc) is 3.12. The summed E-state index contributed by atoms with van der Waals surface area (Å²) in [6, 6.07) is 7.94. The quantitative estimate of drug-likeness (QED) is 0.366. The van der Waals surface area contributed by atoms with Crippen LogP contribution >= 0.6 is 23.2 Å². The second-order valence-electron chi connectivity index (χ2n) is 7.70. The van der Waals surface area contributed by atoms with Gasteiger partial charge in [-0.25, -0.2) is 0 Å². The van der Waals surface area contributed by atoms with E-state index < -0.39 is 36.7 Å². The SMILES string of the molecule is Cc1cc(Cl)cc(C2(C(F)(F)F)CC(c3ccc(Cl)c(N(C)NC(=O)CC(F)(F)F)c3)=NO2)c1. The third kappa shape index (κ3) is 5.52. The first kappa shape index (κ1) is 26.0. The van der Waals surface area contributed by atoms with Gasteiger partial charge in [0.1, 0.15) is 6.42 Å². The number of benzene rings is 2. The van der Waals surface area contributed by atoms with Crippen molar-refractivity contribution in [2.24, 2.45) is 5.16 Å². The highest BCUT2D eigenvalue weighted by atomic mass is 35.5. The summed E-state index contributed by atoms with van der Waals surface area (Å²) in [6.07, 6.45) is -12.0. The van der Waals surface area contributed by atoms with E-state index in [1.807, 2.05) is 5.43 Å². The molecule has 1 heterocycles. The first-order chi connectivity index (χ1) is 15.6. The minimum atomic E-state index is -4.85. The zero-order chi connectivity index (χ0) is 25.5. The number of hydrogen-bond donors (Lipinski definition) is 1. The summed E-state index contributed by atoms with van der Waals surface area (Å²) in [6.45, 7) is 1.59. The van der Waals surface area contributed by atoms with E-state index in [4.69, 9.17) is 28.0 Å². The van der Waals surface area contributed by atoms with Gasteiger partial charge in [0.15, 0.2) is 0 Å². The number of nitrogens with zero attached hydrogens (tertiary/aromatic N) is 2. The monoisotopic (exact) mass is 527 g/mol. The third-order valence-corrected chi connectivity index (χ3v) is 5.53. The lowest BCUT2D eigenvalue weighted by Crippen LogP contribution is -2.42. The standard InChI is InChI=1S/C21H17Cl2F6N3O2/c1-11-5-13(8-14(22)6-11)19(21(27,28)29)9-16(31-34-19)12-3-4-15(23)17(7-12)32(2)30-18(33)10-20(24,25)26/h3-8H,9-10H2,1-2H3,(H,30,33). The fourth-order valence-corrected chi connectivity index (χ4v) is 3.98. The number of nitrogens with one attached hydrogen (secondary N) is 1. The first-order valence-corrected chi connectivity index (χ1v) is 10.4. The van der Waals surface area contributed by atoms with Crippen LogP contribution in [0.2, 0.25) is 10.0 Å². The molecule has 2 aromatic carbocycles. The first-order valence-electron chi connectivity index (χ1n) is 9.61. The van der Waals surface area contributed by atoms with Crippen LogP contribution in [-0.4, -0.2) is 31.0 Å². The second kappa shape index (κ2) is 9.18. The van der Waals surface area contributed by atoms with E-state index in [9.17, 15) is 31.1 Å². The number of hydrogen-bond acceptors (Lipinski definition) is 4. The number of carbonyl (C=O) groups is 1. The Labute approximate surface area is 200 Å². The smallest absolute Gasteiger partial charge is 0.374 e. The van der Waals surface area contributed by atoms with Crippen LogP contribution in [0.3, 0.4) is 0 Å². The van der Waals surface area contributed by atoms with Crippen molar-refractivity contribution in [3.63, 3.8) is 0 Å². The van der Waals surface area contributed by atoms with Crippen LogP contribution in [-0.2, 0) is 15.2 Å². The molecule has 1 N–H and O–H groups in total. The maximum Gasteiger partial charge on any atom is 0.435 e. The van der Waals surface area contributed by atoms with Crippen LogP contribution in [0.1, 0.15) is 29.5 Å². The summed E-state index contributed by atoms with van der Waals surface area (Å²) in [7, 11) is 1.24. The minimum absolute atomic E-state index is 0.0330. The molecule has 1 unspecified atom stereocenters. The lowest BCUT2D eigenvalue weighted by Gasteiger charge is -2.30. The molecule has 1 atom stereocenters. The molecule has 0 spiro atoms. The molecule has 1 aliphatic heterocycles. The Morgan fingerprint density at radius 3 is 2.41 bits per heavy atom. The summed E-state index contributed by atoms with van der Waals surface area (Å²) in [5.74, 6) is -1.34. The van der Waals surface area contributed by atoms with Gasteiger partial charge in [-0.05, 0) is 36.8 Å². The Kier molecular flexibility index (Phi) is 7.01. The van der Waals surface area contributed by atoms with Gasteiger partial charge in [0, 0.05) is 29.6 Å². The number of rotatable bonds is 5. The van der Waals surface area contributed by atoms with Crippen LogP contribution in [0.4, 0.5) is 32.0 Å². The minimum Gasteiger partial charge on any atom is -0.374 e. The van der Waals surface area contributed by atoms with Gasteiger partial charge in [-0.1, -0.05) is 40.5 Å². The Morgan fingerprint density at radius 1 is 1.15 bits per heavy atom. The summed E-state index contributed by atoms with van der Waals surface area (Å²) in [4.78, 5) is 16.6. The Balaban J connectivity index is 1.91. The fraction of sp³-hybridized carbons (Fsp3) is 0.333. The van der Waals surface area contributed by atoms with E-state index in [1.165, 1.54) is 37.4 Å². The molecule has 13 heteroatoms. The van der Waals surface area contributed by atoms with Crippen molar-refractivity contribution in [2.75, 3.05) is 12.1 Å². The third-order valence-electron chi connectivity index (χ3n) is 4.99. The van der Waals surface area contributed by atoms with Crippen molar-refractivity contribution in [3.8, 4) is 0 Å². The molecule has 0 bridgehead atoms. The molecule has 0 radical (unpaired) electrons. The molecule has 3 rings (SSSR count). The zero-order valence-electron chi connectivity index (χ0n) is 17.6. The van der Waals surface area contributed by atoms with Crippen LogP contribution < -0.4 is 10.4 Å². The summed E-state index contributed by atoms with van der Waals surface area (Å²) in [5.41, 5.74) is -0.377. The van der Waals surface area contributed by atoms with Gasteiger partial charge in [0.25, 0.3) is 5.60 Å². The van der Waals surface area contributed by atoms with Crippen molar-refractivity contribution >= 4 is 40.5 Å². The highest BCUT2D eigenvalue weighted by molar-refractivity contribution is 6.33. The van der Waals surface area contributed by atoms with Gasteiger partial charge >= 0.3 is 12.4 Å². The van der Waals surface area contributed by atoms with Crippen LogP contribution in [0.25, 0.3) is 0 Å². The van der Waals surface area contributed by atoms with E-state index in [1.54, 1.807) is 6.92 Å². The Hall–Kier alpha value is -2.66. The zero-order valence-corrected chi connectivity index (χ0v) is 19.1. The largest absolute Gasteiger partial charge is 0.435 e. The van der Waals surface area contributed by atoms with Crippen LogP contribution in [0.15, 0.2) is 41.6 Å². The van der Waals surface area contributed by atoms with E-state index in [0.717, 1.165) is 11.1 Å². The number of halogens is 8. The van der Waals surface area contributed by atoms with Gasteiger partial charge in [-0.15, -0.1) is 0 Å². The van der Waals surface area contributed by atoms with E-state index >= 15 is 0 Å². The molecule has 34 heavy (non-hydrogen) atoms. The van der Waals surface area contributed by atoms with Gasteiger partial charge < -0.3 is 4.84 Å². The summed E-state index contributed by atoms with van der Waals surface area (Å²) >= 11 is 12.1. The fourth-order valence-electron chi connectivity index (χ4n) is 3.45. The number of oxime groups is 1. The predicted molar refractivity (Wildman–Crippen MR) is 115 cm³/mol. The number of carbonyl (C=O) groups excluding carboxylic acids is 1. The summed E-state index contributed by atoms with van der Waals surface area (Å²) in [5, 5.41) is 4.73. The number of anilines is 1. The van der Waals surface area contributed by atoms with Crippen molar-refractivity contribution < 1.29 is 36.0 Å². The van der Waals surface area contributed by atoms with Gasteiger partial charge in [0.05, 0.1) is 16.4 Å². The van der Waals surface area contributed by atoms with Crippen molar-refractivity contribution in [3.05, 3.63) is 63.1 Å². The number of alkyl halides is 6. The summed E-state index contributed by atoms with van der Waals surface area (Å²) < 4.78 is 79.9. The number of aryl methyl sites for hydroxylation is 1. The highest BCUT2D eigenvalue weighted by Gasteiger charge is 2.62. The second-order valence-corrected chi connectivity index (χ2v) is 8.54. The molecule has 0 saturated heterocycles. The van der Waals surface area contributed by atoms with E-state index in [-0.39, 0.29) is 32.6 Å². The van der Waals surface area contributed by atoms with E-state index in [2.05, 4.69) is 5.16 Å². The maximum absolute atomic E-state index is 14.2.